The predicted octanol–water partition coefficient (Wildman–Crippen LogP) is 2.88. The second kappa shape index (κ2) is 4.42. The van der Waals surface area contributed by atoms with Gasteiger partial charge in [0.2, 0.25) is 0 Å². The molecule has 1 atom stereocenters. The molecule has 0 amide bonds. The van der Waals surface area contributed by atoms with Crippen LogP contribution in [0, 0.1) is 6.92 Å². The first kappa shape index (κ1) is 12.3. The molecule has 1 fully saturated rings. The molecular formula is C16H19N3. The number of aryl methyl sites for hydroxylation is 1. The first-order chi connectivity index (χ1) is 9.13. The average Bonchev–Trinajstić information content (AvgIpc) is 3.20. The van der Waals surface area contributed by atoms with Crippen LogP contribution in [0.4, 0.5) is 0 Å². The van der Waals surface area contributed by atoms with Crippen molar-refractivity contribution in [3.63, 3.8) is 0 Å². The van der Waals surface area contributed by atoms with Crippen LogP contribution >= 0.6 is 0 Å². The number of rotatable bonds is 3. The van der Waals surface area contributed by atoms with Gasteiger partial charge in [-0.1, -0.05) is 30.3 Å². The maximum absolute atomic E-state index is 5.92. The van der Waals surface area contributed by atoms with Crippen LogP contribution in [0.2, 0.25) is 0 Å². The molecule has 1 aromatic carbocycles. The van der Waals surface area contributed by atoms with Crippen molar-refractivity contribution < 1.29 is 0 Å². The van der Waals surface area contributed by atoms with E-state index in [1.54, 1.807) is 0 Å². The Balaban J connectivity index is 2.02. The molecule has 0 saturated heterocycles. The molecule has 19 heavy (non-hydrogen) atoms. The molecule has 0 aliphatic heterocycles. The number of benzene rings is 1. The highest BCUT2D eigenvalue weighted by Crippen LogP contribution is 2.52. The summed E-state index contributed by atoms with van der Waals surface area (Å²) in [5.74, 6) is 0.945. The normalized spacial score (nSPS) is 18.1. The van der Waals surface area contributed by atoms with Gasteiger partial charge in [0, 0.05) is 23.5 Å². The second-order valence-electron chi connectivity index (χ2n) is 5.47. The first-order valence-electron chi connectivity index (χ1n) is 6.78. The lowest BCUT2D eigenvalue weighted by Gasteiger charge is -2.16. The Morgan fingerprint density at radius 3 is 2.42 bits per heavy atom. The minimum atomic E-state index is -0.0130. The summed E-state index contributed by atoms with van der Waals surface area (Å²) in [6.45, 7) is 3.99. The molecule has 0 unspecified atom stereocenters. The van der Waals surface area contributed by atoms with E-state index in [1.165, 1.54) is 5.56 Å². The van der Waals surface area contributed by atoms with E-state index in [0.717, 1.165) is 29.9 Å². The number of aromatic nitrogens is 2. The molecule has 2 aromatic rings. The molecule has 1 heterocycles. The maximum atomic E-state index is 5.92. The van der Waals surface area contributed by atoms with E-state index in [1.807, 2.05) is 26.1 Å². The molecule has 0 radical (unpaired) electrons. The minimum absolute atomic E-state index is 0.0130. The molecule has 0 bridgehead atoms. The summed E-state index contributed by atoms with van der Waals surface area (Å²) in [5.41, 5.74) is 9.32. The van der Waals surface area contributed by atoms with Gasteiger partial charge in [-0.15, -0.1) is 0 Å². The Morgan fingerprint density at radius 1 is 1.21 bits per heavy atom. The first-order valence-corrected chi connectivity index (χ1v) is 6.78. The second-order valence-corrected chi connectivity index (χ2v) is 5.47. The highest BCUT2D eigenvalue weighted by molar-refractivity contribution is 5.39. The van der Waals surface area contributed by atoms with Crippen LogP contribution in [0.5, 0.6) is 0 Å². The Hall–Kier alpha value is -1.74. The molecule has 1 saturated carbocycles. The topological polar surface area (TPSA) is 51.8 Å². The highest BCUT2D eigenvalue weighted by Gasteiger charge is 2.48. The Morgan fingerprint density at radius 2 is 1.89 bits per heavy atom. The van der Waals surface area contributed by atoms with Gasteiger partial charge in [0.15, 0.2) is 0 Å². The van der Waals surface area contributed by atoms with Gasteiger partial charge in [0.05, 0.1) is 5.41 Å². The molecule has 1 aliphatic carbocycles. The van der Waals surface area contributed by atoms with Crippen molar-refractivity contribution in [1.82, 2.24) is 9.97 Å². The predicted molar refractivity (Wildman–Crippen MR) is 75.8 cm³/mol. The zero-order valence-corrected chi connectivity index (χ0v) is 11.4. The van der Waals surface area contributed by atoms with Crippen LogP contribution in [0.1, 0.15) is 48.5 Å². The standard InChI is InChI=1S/C16H19N3/c1-11(17)14-10-18-15(19-12(14)2)16(8-9-16)13-6-4-3-5-7-13/h3-7,10-11H,8-9,17H2,1-2H3/t11-/m0/s1. The van der Waals surface area contributed by atoms with Crippen LogP contribution in [-0.4, -0.2) is 9.97 Å². The molecule has 3 nitrogen and oxygen atoms in total. The van der Waals surface area contributed by atoms with Crippen LogP contribution < -0.4 is 5.73 Å². The van der Waals surface area contributed by atoms with Crippen molar-refractivity contribution in [1.29, 1.82) is 0 Å². The Labute approximate surface area is 113 Å². The summed E-state index contributed by atoms with van der Waals surface area (Å²) >= 11 is 0. The fraction of sp³-hybridized carbons (Fsp3) is 0.375. The van der Waals surface area contributed by atoms with Crippen LogP contribution in [0.25, 0.3) is 0 Å². The Bertz CT molecular complexity index is 586. The van der Waals surface area contributed by atoms with E-state index in [-0.39, 0.29) is 11.5 Å². The lowest BCUT2D eigenvalue weighted by Crippen LogP contribution is -2.16. The fourth-order valence-electron chi connectivity index (χ4n) is 2.68. The molecule has 3 rings (SSSR count). The van der Waals surface area contributed by atoms with Crippen LogP contribution in [0.15, 0.2) is 36.5 Å². The van der Waals surface area contributed by atoms with E-state index < -0.39 is 0 Å². The molecule has 3 heteroatoms. The quantitative estimate of drug-likeness (QED) is 0.915. The molecular weight excluding hydrogens is 234 g/mol. The molecule has 98 valence electrons. The summed E-state index contributed by atoms with van der Waals surface area (Å²) < 4.78 is 0. The zero-order chi connectivity index (χ0) is 13.5. The smallest absolute Gasteiger partial charge is 0.139 e. The van der Waals surface area contributed by atoms with Gasteiger partial charge in [-0.3, -0.25) is 0 Å². The van der Waals surface area contributed by atoms with Gasteiger partial charge in [0.1, 0.15) is 5.82 Å². The fourth-order valence-corrected chi connectivity index (χ4v) is 2.68. The van der Waals surface area contributed by atoms with E-state index in [4.69, 9.17) is 10.7 Å². The third kappa shape index (κ3) is 2.04. The van der Waals surface area contributed by atoms with E-state index in [0.29, 0.717) is 0 Å². The summed E-state index contributed by atoms with van der Waals surface area (Å²) in [4.78, 5) is 9.29. The van der Waals surface area contributed by atoms with Crippen molar-refractivity contribution in [3.8, 4) is 0 Å². The Kier molecular flexibility index (Phi) is 2.86. The number of hydrogen-bond donors (Lipinski definition) is 1. The molecule has 1 aliphatic rings. The largest absolute Gasteiger partial charge is 0.324 e. The van der Waals surface area contributed by atoms with Crippen molar-refractivity contribution in [2.75, 3.05) is 0 Å². The van der Waals surface area contributed by atoms with Gasteiger partial charge >= 0.3 is 0 Å². The SMILES string of the molecule is Cc1nc(C2(c3ccccc3)CC2)ncc1[C@H](C)N. The summed E-state index contributed by atoms with van der Waals surface area (Å²) in [6, 6.07) is 10.5. The van der Waals surface area contributed by atoms with Crippen molar-refractivity contribution >= 4 is 0 Å². The molecule has 0 spiro atoms. The van der Waals surface area contributed by atoms with E-state index in [2.05, 4.69) is 29.2 Å². The van der Waals surface area contributed by atoms with Gasteiger partial charge in [-0.2, -0.15) is 0 Å². The van der Waals surface area contributed by atoms with Crippen molar-refractivity contribution in [2.24, 2.45) is 5.73 Å². The van der Waals surface area contributed by atoms with E-state index >= 15 is 0 Å². The summed E-state index contributed by atoms with van der Waals surface area (Å²) in [5, 5.41) is 0. The van der Waals surface area contributed by atoms with E-state index in [9.17, 15) is 0 Å². The van der Waals surface area contributed by atoms with Crippen LogP contribution in [-0.2, 0) is 5.41 Å². The third-order valence-corrected chi connectivity index (χ3v) is 4.01. The van der Waals surface area contributed by atoms with Gasteiger partial charge in [-0.05, 0) is 32.3 Å². The molecule has 1 aromatic heterocycles. The van der Waals surface area contributed by atoms with Gasteiger partial charge in [-0.25, -0.2) is 9.97 Å². The van der Waals surface area contributed by atoms with Gasteiger partial charge < -0.3 is 5.73 Å². The molecule has 2 N–H and O–H groups in total. The highest BCUT2D eigenvalue weighted by atomic mass is 14.9. The lowest BCUT2D eigenvalue weighted by atomic mass is 9.94. The zero-order valence-electron chi connectivity index (χ0n) is 11.4. The number of nitrogens with zero attached hydrogens (tertiary/aromatic N) is 2. The van der Waals surface area contributed by atoms with Crippen LogP contribution in [0.3, 0.4) is 0 Å². The third-order valence-electron chi connectivity index (χ3n) is 4.01. The summed E-state index contributed by atoms with van der Waals surface area (Å²) in [7, 11) is 0. The maximum Gasteiger partial charge on any atom is 0.139 e. The van der Waals surface area contributed by atoms with Crippen molar-refractivity contribution in [2.45, 2.75) is 38.1 Å². The number of nitrogens with two attached hydrogens (primary N) is 1. The average molecular weight is 253 g/mol. The van der Waals surface area contributed by atoms with Gasteiger partial charge in [0.25, 0.3) is 0 Å². The lowest BCUT2D eigenvalue weighted by molar-refractivity contribution is 0.718. The summed E-state index contributed by atoms with van der Waals surface area (Å²) in [6.07, 6.45) is 4.16. The monoisotopic (exact) mass is 253 g/mol. The number of hydrogen-bond acceptors (Lipinski definition) is 3. The van der Waals surface area contributed by atoms with Crippen molar-refractivity contribution in [3.05, 3.63) is 59.2 Å². The minimum Gasteiger partial charge on any atom is -0.324 e.